The maximum Gasteiger partial charge on any atom is 0.213 e. The van der Waals surface area contributed by atoms with Gasteiger partial charge in [0.1, 0.15) is 19.0 Å². The van der Waals surface area contributed by atoms with Gasteiger partial charge >= 0.3 is 0 Å². The smallest absolute Gasteiger partial charge is 0.213 e. The van der Waals surface area contributed by atoms with E-state index in [1.807, 2.05) is 6.07 Å². The van der Waals surface area contributed by atoms with Crippen molar-refractivity contribution in [3.05, 3.63) is 34.4 Å². The summed E-state index contributed by atoms with van der Waals surface area (Å²) in [6.07, 6.45) is 2.86. The van der Waals surface area contributed by atoms with Crippen molar-refractivity contribution in [3.8, 4) is 11.5 Å². The summed E-state index contributed by atoms with van der Waals surface area (Å²) in [7, 11) is 0. The molecule has 1 aliphatic heterocycles. The molecule has 1 aliphatic rings. The van der Waals surface area contributed by atoms with Crippen LogP contribution in [0.3, 0.4) is 0 Å². The van der Waals surface area contributed by atoms with Crippen molar-refractivity contribution in [1.82, 2.24) is 15.2 Å². The number of fused-ring (bicyclic) bond motifs is 1. The summed E-state index contributed by atoms with van der Waals surface area (Å²) < 4.78 is 11.6. The molecular formula is C13H15N3O2S. The molecule has 0 saturated heterocycles. The number of nitrogens with zero attached hydrogens (tertiary/aromatic N) is 1. The van der Waals surface area contributed by atoms with E-state index < -0.39 is 0 Å². The Hall–Kier alpha value is -1.82. The van der Waals surface area contributed by atoms with Gasteiger partial charge in [-0.05, 0) is 42.8 Å². The molecule has 100 valence electrons. The van der Waals surface area contributed by atoms with Gasteiger partial charge in [0.2, 0.25) is 4.77 Å². The van der Waals surface area contributed by atoms with Crippen LogP contribution in [0.25, 0.3) is 0 Å². The zero-order chi connectivity index (χ0) is 13.1. The summed E-state index contributed by atoms with van der Waals surface area (Å²) in [4.78, 5) is 4.17. The molecule has 2 aromatic rings. The number of hydrogen-bond acceptors (Lipinski definition) is 4. The van der Waals surface area contributed by atoms with Crippen molar-refractivity contribution in [3.63, 3.8) is 0 Å². The van der Waals surface area contributed by atoms with Crippen LogP contribution in [0.2, 0.25) is 0 Å². The van der Waals surface area contributed by atoms with Gasteiger partial charge in [-0.1, -0.05) is 6.07 Å². The Bertz CT molecular complexity index is 620. The minimum absolute atomic E-state index is 0.509. The highest BCUT2D eigenvalue weighted by atomic mass is 32.1. The van der Waals surface area contributed by atoms with Crippen molar-refractivity contribution in [1.29, 1.82) is 0 Å². The third-order valence-electron chi connectivity index (χ3n) is 3.04. The largest absolute Gasteiger partial charge is 0.486 e. The number of aromatic amines is 2. The number of rotatable bonds is 4. The number of nitrogens with one attached hydrogen (secondary N) is 2. The first-order valence-electron chi connectivity index (χ1n) is 6.33. The molecule has 0 bridgehead atoms. The highest BCUT2D eigenvalue weighted by Gasteiger charge is 2.11. The lowest BCUT2D eigenvalue weighted by Crippen LogP contribution is -2.15. The number of ether oxygens (including phenoxy) is 2. The van der Waals surface area contributed by atoms with Gasteiger partial charge in [-0.25, -0.2) is 4.98 Å². The van der Waals surface area contributed by atoms with E-state index in [0.717, 1.165) is 36.6 Å². The summed E-state index contributed by atoms with van der Waals surface area (Å²) in [5.74, 6) is 2.59. The van der Waals surface area contributed by atoms with Crippen molar-refractivity contribution in [2.24, 2.45) is 0 Å². The lowest BCUT2D eigenvalue weighted by atomic mass is 10.1. The molecule has 0 unspecified atom stereocenters. The van der Waals surface area contributed by atoms with Gasteiger partial charge < -0.3 is 9.47 Å². The second-order valence-corrected chi connectivity index (χ2v) is 4.83. The van der Waals surface area contributed by atoms with E-state index in [1.165, 1.54) is 5.56 Å². The molecule has 0 amide bonds. The summed E-state index contributed by atoms with van der Waals surface area (Å²) in [6, 6.07) is 6.12. The Morgan fingerprint density at radius 2 is 1.95 bits per heavy atom. The Balaban J connectivity index is 1.59. The van der Waals surface area contributed by atoms with Crippen LogP contribution in [0, 0.1) is 4.77 Å². The van der Waals surface area contributed by atoms with E-state index >= 15 is 0 Å². The molecule has 0 spiro atoms. The normalized spacial score (nSPS) is 13.5. The topological polar surface area (TPSA) is 62.9 Å². The maximum absolute atomic E-state index is 5.57. The first kappa shape index (κ1) is 12.2. The van der Waals surface area contributed by atoms with E-state index in [4.69, 9.17) is 21.7 Å². The predicted molar refractivity (Wildman–Crippen MR) is 73.2 cm³/mol. The van der Waals surface area contributed by atoms with Gasteiger partial charge in [0.25, 0.3) is 0 Å². The Morgan fingerprint density at radius 3 is 2.74 bits per heavy atom. The van der Waals surface area contributed by atoms with Crippen LogP contribution in [-0.2, 0) is 12.8 Å². The fourth-order valence-corrected chi connectivity index (χ4v) is 2.29. The molecule has 19 heavy (non-hydrogen) atoms. The first-order chi connectivity index (χ1) is 9.31. The molecule has 1 aromatic carbocycles. The fourth-order valence-electron chi connectivity index (χ4n) is 2.13. The monoisotopic (exact) mass is 277 g/mol. The van der Waals surface area contributed by atoms with E-state index in [9.17, 15) is 0 Å². The summed E-state index contributed by atoms with van der Waals surface area (Å²) in [6.45, 7) is 1.26. The third-order valence-corrected chi connectivity index (χ3v) is 3.23. The van der Waals surface area contributed by atoms with Crippen LogP contribution in [0.4, 0.5) is 0 Å². The standard InChI is InChI=1S/C13H15N3O2S/c19-13-14-12(15-16-13)3-1-2-9-4-5-10-11(8-9)18-7-6-17-10/h4-5,8H,1-3,6-7H2,(H2,14,15,16,19). The lowest BCUT2D eigenvalue weighted by Gasteiger charge is -2.18. The van der Waals surface area contributed by atoms with Gasteiger partial charge in [-0.2, -0.15) is 0 Å². The first-order valence-corrected chi connectivity index (χ1v) is 6.74. The summed E-state index contributed by atoms with van der Waals surface area (Å²) in [5.41, 5.74) is 1.25. The Labute approximate surface area is 116 Å². The molecule has 5 nitrogen and oxygen atoms in total. The molecule has 0 radical (unpaired) electrons. The quantitative estimate of drug-likeness (QED) is 0.842. The SMILES string of the molecule is S=c1nc(CCCc2ccc3c(c2)OCCO3)[nH][nH]1. The molecule has 0 saturated carbocycles. The van der Waals surface area contributed by atoms with E-state index in [2.05, 4.69) is 27.3 Å². The zero-order valence-corrected chi connectivity index (χ0v) is 11.3. The summed E-state index contributed by atoms with van der Waals surface area (Å²) >= 11 is 4.92. The molecule has 3 rings (SSSR count). The molecule has 1 aromatic heterocycles. The van der Waals surface area contributed by atoms with E-state index in [1.54, 1.807) is 0 Å². The van der Waals surface area contributed by atoms with Gasteiger partial charge in [0, 0.05) is 6.42 Å². The van der Waals surface area contributed by atoms with Gasteiger partial charge in [-0.15, -0.1) is 0 Å². The van der Waals surface area contributed by atoms with Crippen LogP contribution < -0.4 is 9.47 Å². The van der Waals surface area contributed by atoms with Crippen molar-refractivity contribution in [2.75, 3.05) is 13.2 Å². The maximum atomic E-state index is 5.57. The molecule has 6 heteroatoms. The second-order valence-electron chi connectivity index (χ2n) is 4.45. The van der Waals surface area contributed by atoms with Crippen molar-refractivity contribution >= 4 is 12.2 Å². The average molecular weight is 277 g/mol. The minimum Gasteiger partial charge on any atom is -0.486 e. The molecule has 0 aliphatic carbocycles. The summed E-state index contributed by atoms with van der Waals surface area (Å²) in [5, 5.41) is 5.76. The number of hydrogen-bond donors (Lipinski definition) is 2. The van der Waals surface area contributed by atoms with Crippen LogP contribution in [0.1, 0.15) is 17.8 Å². The second kappa shape index (κ2) is 5.44. The number of benzene rings is 1. The Kier molecular flexibility index (Phi) is 3.50. The van der Waals surface area contributed by atoms with Gasteiger partial charge in [-0.3, -0.25) is 10.2 Å². The van der Waals surface area contributed by atoms with Crippen LogP contribution in [0.5, 0.6) is 11.5 Å². The van der Waals surface area contributed by atoms with Crippen molar-refractivity contribution in [2.45, 2.75) is 19.3 Å². The highest BCUT2D eigenvalue weighted by molar-refractivity contribution is 7.71. The van der Waals surface area contributed by atoms with Crippen LogP contribution >= 0.6 is 12.2 Å². The van der Waals surface area contributed by atoms with Crippen molar-refractivity contribution < 1.29 is 9.47 Å². The number of aryl methyl sites for hydroxylation is 2. The fraction of sp³-hybridized carbons (Fsp3) is 0.385. The molecule has 2 heterocycles. The molecular weight excluding hydrogens is 262 g/mol. The molecule has 2 N–H and O–H groups in total. The number of aromatic nitrogens is 3. The van der Waals surface area contributed by atoms with Crippen LogP contribution in [-0.4, -0.2) is 28.4 Å². The van der Waals surface area contributed by atoms with Gasteiger partial charge in [0.05, 0.1) is 0 Å². The third kappa shape index (κ3) is 2.96. The van der Waals surface area contributed by atoms with E-state index in [0.29, 0.717) is 18.0 Å². The van der Waals surface area contributed by atoms with Crippen LogP contribution in [0.15, 0.2) is 18.2 Å². The lowest BCUT2D eigenvalue weighted by molar-refractivity contribution is 0.171. The number of H-pyrrole nitrogens is 2. The minimum atomic E-state index is 0.509. The highest BCUT2D eigenvalue weighted by Crippen LogP contribution is 2.31. The average Bonchev–Trinajstić information content (AvgIpc) is 2.84. The zero-order valence-electron chi connectivity index (χ0n) is 10.4. The molecule has 0 atom stereocenters. The Morgan fingerprint density at radius 1 is 1.11 bits per heavy atom. The van der Waals surface area contributed by atoms with E-state index in [-0.39, 0.29) is 0 Å². The molecule has 0 fully saturated rings. The predicted octanol–water partition coefficient (Wildman–Crippen LogP) is 2.41. The van der Waals surface area contributed by atoms with Gasteiger partial charge in [0.15, 0.2) is 11.5 Å².